The molecule has 4 rings (SSSR count). The summed E-state index contributed by atoms with van der Waals surface area (Å²) in [5.41, 5.74) is 0.352. The van der Waals surface area contributed by atoms with Crippen molar-refractivity contribution in [2.75, 3.05) is 27.0 Å². The molecule has 2 N–H and O–H groups in total. The van der Waals surface area contributed by atoms with Crippen molar-refractivity contribution >= 4 is 21.8 Å². The number of carbonyl (C=O) groups is 2. The van der Waals surface area contributed by atoms with E-state index in [0.717, 1.165) is 6.42 Å². The van der Waals surface area contributed by atoms with Gasteiger partial charge in [0.25, 0.3) is 5.91 Å². The van der Waals surface area contributed by atoms with Crippen LogP contribution in [0.3, 0.4) is 0 Å². The first-order valence-corrected chi connectivity index (χ1v) is 13.8. The van der Waals surface area contributed by atoms with Crippen LogP contribution in [-0.2, 0) is 14.8 Å². The molecule has 1 fully saturated rings. The van der Waals surface area contributed by atoms with Crippen LogP contribution in [0.1, 0.15) is 43.5 Å². The fourth-order valence-electron chi connectivity index (χ4n) is 4.44. The number of hydrogen-bond donors (Lipinski definition) is 2. The lowest BCUT2D eigenvalue weighted by molar-refractivity contribution is -0.125. The van der Waals surface area contributed by atoms with Crippen molar-refractivity contribution in [1.82, 2.24) is 14.9 Å². The average Bonchev–Trinajstić information content (AvgIpc) is 3.39. The van der Waals surface area contributed by atoms with Gasteiger partial charge < -0.3 is 24.8 Å². The molecule has 0 radical (unpaired) electrons. The first kappa shape index (κ1) is 26.7. The molecule has 2 aromatic rings. The van der Waals surface area contributed by atoms with Gasteiger partial charge in [0.15, 0.2) is 11.5 Å². The number of nitrogens with zero attached hydrogens (tertiary/aromatic N) is 1. The second kappa shape index (κ2) is 11.4. The third-order valence-corrected chi connectivity index (χ3v) is 8.78. The molecule has 37 heavy (non-hydrogen) atoms. The van der Waals surface area contributed by atoms with E-state index < -0.39 is 22.0 Å². The van der Waals surface area contributed by atoms with Gasteiger partial charge in [0, 0.05) is 24.7 Å². The van der Waals surface area contributed by atoms with E-state index in [1.807, 2.05) is 13.8 Å². The number of hydrogen-bond acceptors (Lipinski definition) is 7. The molecular formula is C26H33N3O7S. The van der Waals surface area contributed by atoms with Gasteiger partial charge in [0.2, 0.25) is 22.7 Å². The van der Waals surface area contributed by atoms with Crippen molar-refractivity contribution in [3.63, 3.8) is 0 Å². The number of benzene rings is 2. The third kappa shape index (κ3) is 5.99. The van der Waals surface area contributed by atoms with Crippen molar-refractivity contribution in [3.8, 4) is 17.2 Å². The van der Waals surface area contributed by atoms with E-state index in [4.69, 9.17) is 14.2 Å². The van der Waals surface area contributed by atoms with Gasteiger partial charge in [-0.1, -0.05) is 6.92 Å². The van der Waals surface area contributed by atoms with Gasteiger partial charge in [0.05, 0.1) is 12.0 Å². The van der Waals surface area contributed by atoms with E-state index in [0.29, 0.717) is 35.7 Å². The van der Waals surface area contributed by atoms with E-state index >= 15 is 0 Å². The van der Waals surface area contributed by atoms with Crippen LogP contribution in [0.2, 0.25) is 0 Å². The lowest BCUT2D eigenvalue weighted by Crippen LogP contribution is -2.55. The Balaban J connectivity index is 1.47. The summed E-state index contributed by atoms with van der Waals surface area (Å²) in [6, 6.07) is 10.3. The Morgan fingerprint density at radius 3 is 2.38 bits per heavy atom. The lowest BCUT2D eigenvalue weighted by Gasteiger charge is -2.35. The van der Waals surface area contributed by atoms with Crippen LogP contribution < -0.4 is 24.8 Å². The summed E-state index contributed by atoms with van der Waals surface area (Å²) < 4.78 is 43.5. The number of piperidine rings is 1. The van der Waals surface area contributed by atoms with Crippen molar-refractivity contribution in [2.45, 2.75) is 50.1 Å². The molecule has 0 bridgehead atoms. The predicted molar refractivity (Wildman–Crippen MR) is 136 cm³/mol. The minimum atomic E-state index is -3.69. The minimum Gasteiger partial charge on any atom is -0.497 e. The van der Waals surface area contributed by atoms with E-state index in [9.17, 15) is 18.0 Å². The van der Waals surface area contributed by atoms with Gasteiger partial charge in [0.1, 0.15) is 11.8 Å². The average molecular weight is 532 g/mol. The Labute approximate surface area is 217 Å². The van der Waals surface area contributed by atoms with E-state index in [1.54, 1.807) is 30.3 Å². The molecule has 0 spiro atoms. The van der Waals surface area contributed by atoms with Crippen molar-refractivity contribution in [1.29, 1.82) is 0 Å². The summed E-state index contributed by atoms with van der Waals surface area (Å²) in [5, 5.41) is 5.85. The Morgan fingerprint density at radius 2 is 1.73 bits per heavy atom. The third-order valence-electron chi connectivity index (χ3n) is 6.87. The predicted octanol–water partition coefficient (Wildman–Crippen LogP) is 2.54. The number of rotatable bonds is 9. The first-order chi connectivity index (χ1) is 17.7. The molecule has 2 heterocycles. The molecule has 200 valence electrons. The molecular weight excluding hydrogens is 498 g/mol. The normalized spacial score (nSPS) is 17.6. The van der Waals surface area contributed by atoms with Gasteiger partial charge in [-0.15, -0.1) is 0 Å². The van der Waals surface area contributed by atoms with E-state index in [2.05, 4.69) is 10.6 Å². The van der Waals surface area contributed by atoms with Crippen LogP contribution >= 0.6 is 0 Å². The molecule has 11 heteroatoms. The highest BCUT2D eigenvalue weighted by Gasteiger charge is 2.37. The van der Waals surface area contributed by atoms with Gasteiger partial charge in [-0.3, -0.25) is 9.59 Å². The molecule has 0 saturated carbocycles. The summed E-state index contributed by atoms with van der Waals surface area (Å²) in [6.45, 7) is 4.45. The zero-order chi connectivity index (χ0) is 26.6. The molecule has 2 amide bonds. The van der Waals surface area contributed by atoms with Crippen molar-refractivity contribution < 1.29 is 32.2 Å². The molecule has 0 unspecified atom stereocenters. The Morgan fingerprint density at radius 1 is 1.05 bits per heavy atom. The number of amides is 2. The van der Waals surface area contributed by atoms with Crippen molar-refractivity contribution in [3.05, 3.63) is 48.0 Å². The Hall–Kier alpha value is -3.31. The summed E-state index contributed by atoms with van der Waals surface area (Å²) >= 11 is 0. The molecule has 10 nitrogen and oxygen atoms in total. The quantitative estimate of drug-likeness (QED) is 0.510. The summed E-state index contributed by atoms with van der Waals surface area (Å²) in [6.07, 6.45) is 1.60. The maximum atomic E-state index is 13.2. The van der Waals surface area contributed by atoms with Crippen LogP contribution in [0.25, 0.3) is 0 Å². The molecule has 2 aromatic carbocycles. The maximum Gasteiger partial charge on any atom is 0.252 e. The summed E-state index contributed by atoms with van der Waals surface area (Å²) in [7, 11) is -2.17. The fraction of sp³-hybridized carbons (Fsp3) is 0.462. The molecule has 2 aliphatic heterocycles. The zero-order valence-electron chi connectivity index (χ0n) is 21.2. The number of nitrogens with one attached hydrogen (secondary N) is 2. The van der Waals surface area contributed by atoms with Gasteiger partial charge >= 0.3 is 0 Å². The lowest BCUT2D eigenvalue weighted by atomic mass is 9.89. The maximum absolute atomic E-state index is 13.2. The highest BCUT2D eigenvalue weighted by atomic mass is 32.2. The Bertz CT molecular complexity index is 1230. The van der Waals surface area contributed by atoms with Crippen LogP contribution in [-0.4, -0.2) is 63.6 Å². The highest BCUT2D eigenvalue weighted by molar-refractivity contribution is 7.89. The van der Waals surface area contributed by atoms with E-state index in [-0.39, 0.29) is 42.6 Å². The van der Waals surface area contributed by atoms with Crippen LogP contribution in [0, 0.1) is 5.92 Å². The topological polar surface area (TPSA) is 123 Å². The molecule has 0 aromatic heterocycles. The highest BCUT2D eigenvalue weighted by Crippen LogP contribution is 2.33. The molecule has 0 aliphatic carbocycles. The number of fused-ring (bicyclic) bond motifs is 1. The molecule has 2 atom stereocenters. The number of sulfonamides is 1. The van der Waals surface area contributed by atoms with Gasteiger partial charge in [-0.05, 0) is 74.6 Å². The van der Waals surface area contributed by atoms with Gasteiger partial charge in [-0.2, -0.15) is 4.31 Å². The fourth-order valence-corrected chi connectivity index (χ4v) is 5.91. The number of methoxy groups -OCH3 is 1. The second-order valence-corrected chi connectivity index (χ2v) is 11.2. The van der Waals surface area contributed by atoms with Crippen molar-refractivity contribution in [2.24, 2.45) is 5.92 Å². The summed E-state index contributed by atoms with van der Waals surface area (Å²) in [4.78, 5) is 26.5. The largest absolute Gasteiger partial charge is 0.497 e. The summed E-state index contributed by atoms with van der Waals surface area (Å²) in [5.74, 6) is 0.699. The minimum absolute atomic E-state index is 0.0621. The first-order valence-electron chi connectivity index (χ1n) is 12.4. The van der Waals surface area contributed by atoms with Gasteiger partial charge in [-0.25, -0.2) is 8.42 Å². The smallest absolute Gasteiger partial charge is 0.252 e. The van der Waals surface area contributed by atoms with Crippen LogP contribution in [0.15, 0.2) is 47.4 Å². The molecule has 2 aliphatic rings. The monoisotopic (exact) mass is 531 g/mol. The Kier molecular flexibility index (Phi) is 8.23. The number of carbonyl (C=O) groups excluding carboxylic acids is 2. The van der Waals surface area contributed by atoms with E-state index in [1.165, 1.54) is 23.5 Å². The van der Waals surface area contributed by atoms with Crippen LogP contribution in [0.5, 0.6) is 17.2 Å². The standard InChI is InChI=1S/C26H33N3O7S/c1-4-17(2)27-26(31)24(28-25(30)19-5-10-22-23(15-19)36-16-35-22)18-11-13-29(14-12-18)37(32,33)21-8-6-20(34-3)7-9-21/h5-10,15,17-18,24H,4,11-14,16H2,1-3H3,(H,27,31)(H,28,30)/t17-,24-/m1/s1. The molecule has 1 saturated heterocycles. The zero-order valence-corrected chi connectivity index (χ0v) is 22.0. The second-order valence-electron chi connectivity index (χ2n) is 9.25. The van der Waals surface area contributed by atoms with Crippen LogP contribution in [0.4, 0.5) is 0 Å². The number of ether oxygens (including phenoxy) is 3. The SMILES string of the molecule is CC[C@@H](C)NC(=O)[C@H](NC(=O)c1ccc2c(c1)OCO2)C1CCN(S(=O)(=O)c2ccc(OC)cc2)CC1.